The molecule has 4 heteroatoms. The zero-order chi connectivity index (χ0) is 11.5. The molecule has 0 aliphatic rings. The third kappa shape index (κ3) is 1.85. The summed E-state index contributed by atoms with van der Waals surface area (Å²) in [5, 5.41) is 9.68. The average Bonchev–Trinajstić information content (AvgIpc) is 2.71. The summed E-state index contributed by atoms with van der Waals surface area (Å²) in [6, 6.07) is 9.86. The lowest BCUT2D eigenvalue weighted by molar-refractivity contribution is 0.178. The van der Waals surface area contributed by atoms with E-state index < -0.39 is 6.10 Å². The number of aromatic nitrogens is 2. The fourth-order valence-electron chi connectivity index (χ4n) is 1.71. The predicted octanol–water partition coefficient (Wildman–Crippen LogP) is 1.08. The molecule has 0 bridgehead atoms. The minimum absolute atomic E-state index is 0.202. The molecule has 4 nitrogen and oxygen atoms in total. The van der Waals surface area contributed by atoms with Gasteiger partial charge in [0.05, 0.1) is 11.9 Å². The summed E-state index contributed by atoms with van der Waals surface area (Å²) in [6.07, 6.45) is 1.01. The molecule has 0 saturated heterocycles. The third-order valence-corrected chi connectivity index (χ3v) is 2.62. The van der Waals surface area contributed by atoms with Crippen molar-refractivity contribution in [1.29, 1.82) is 0 Å². The SMILES string of the molecule is Cn1c(C(O)CN)cnc1-c1ccccc1. The molecule has 2 rings (SSSR count). The number of hydrogen-bond donors (Lipinski definition) is 2. The third-order valence-electron chi connectivity index (χ3n) is 2.62. The summed E-state index contributed by atoms with van der Waals surface area (Å²) in [4.78, 5) is 4.30. The van der Waals surface area contributed by atoms with E-state index in [0.717, 1.165) is 17.1 Å². The molecule has 1 heterocycles. The van der Waals surface area contributed by atoms with E-state index in [0.29, 0.717) is 0 Å². The number of aliphatic hydroxyl groups is 1. The van der Waals surface area contributed by atoms with Crippen LogP contribution in [0.3, 0.4) is 0 Å². The van der Waals surface area contributed by atoms with Gasteiger partial charge in [0.25, 0.3) is 0 Å². The standard InChI is InChI=1S/C12H15N3O/c1-15-10(11(16)7-13)8-14-12(15)9-5-3-2-4-6-9/h2-6,8,11,16H,7,13H2,1H3. The molecule has 1 aromatic heterocycles. The highest BCUT2D eigenvalue weighted by atomic mass is 16.3. The van der Waals surface area contributed by atoms with Crippen molar-refractivity contribution in [3.05, 3.63) is 42.2 Å². The summed E-state index contributed by atoms with van der Waals surface area (Å²) < 4.78 is 1.87. The normalized spacial score (nSPS) is 12.7. The Bertz CT molecular complexity index is 464. The van der Waals surface area contributed by atoms with Crippen molar-refractivity contribution < 1.29 is 5.11 Å². The van der Waals surface area contributed by atoms with E-state index in [4.69, 9.17) is 5.73 Å². The molecule has 0 aliphatic carbocycles. The lowest BCUT2D eigenvalue weighted by atomic mass is 10.2. The van der Waals surface area contributed by atoms with Crippen molar-refractivity contribution in [2.45, 2.75) is 6.10 Å². The number of aliphatic hydroxyl groups excluding tert-OH is 1. The Kier molecular flexibility index (Phi) is 3.03. The fraction of sp³-hybridized carbons (Fsp3) is 0.250. The molecule has 1 atom stereocenters. The van der Waals surface area contributed by atoms with Crippen molar-refractivity contribution in [2.75, 3.05) is 6.54 Å². The van der Waals surface area contributed by atoms with E-state index in [2.05, 4.69) is 4.98 Å². The maximum absolute atomic E-state index is 9.68. The minimum atomic E-state index is -0.657. The summed E-state index contributed by atoms with van der Waals surface area (Å²) in [5.74, 6) is 0.836. The molecule has 0 spiro atoms. The van der Waals surface area contributed by atoms with Gasteiger partial charge in [0.15, 0.2) is 0 Å². The van der Waals surface area contributed by atoms with Gasteiger partial charge in [0, 0.05) is 19.2 Å². The molecule has 2 aromatic rings. The van der Waals surface area contributed by atoms with Crippen molar-refractivity contribution in [2.24, 2.45) is 12.8 Å². The second kappa shape index (κ2) is 4.47. The molecule has 3 N–H and O–H groups in total. The first kappa shape index (κ1) is 10.9. The molecule has 0 fully saturated rings. The maximum Gasteiger partial charge on any atom is 0.139 e. The summed E-state index contributed by atoms with van der Waals surface area (Å²) >= 11 is 0. The zero-order valence-electron chi connectivity index (χ0n) is 9.17. The zero-order valence-corrected chi connectivity index (χ0v) is 9.17. The van der Waals surface area contributed by atoms with Crippen molar-refractivity contribution in [3.8, 4) is 11.4 Å². The quantitative estimate of drug-likeness (QED) is 0.808. The monoisotopic (exact) mass is 217 g/mol. The highest BCUT2D eigenvalue weighted by molar-refractivity contribution is 5.55. The van der Waals surface area contributed by atoms with Crippen LogP contribution in [0.1, 0.15) is 11.8 Å². The number of benzene rings is 1. The van der Waals surface area contributed by atoms with Crippen LogP contribution >= 0.6 is 0 Å². The van der Waals surface area contributed by atoms with Gasteiger partial charge in [0.1, 0.15) is 11.9 Å². The van der Waals surface area contributed by atoms with Gasteiger partial charge in [-0.2, -0.15) is 0 Å². The van der Waals surface area contributed by atoms with E-state index in [9.17, 15) is 5.11 Å². The second-order valence-corrected chi connectivity index (χ2v) is 3.68. The maximum atomic E-state index is 9.68. The van der Waals surface area contributed by atoms with Crippen LogP contribution in [0.4, 0.5) is 0 Å². The van der Waals surface area contributed by atoms with Crippen LogP contribution < -0.4 is 5.73 Å². The Morgan fingerprint density at radius 3 is 2.69 bits per heavy atom. The number of nitrogens with zero attached hydrogens (tertiary/aromatic N) is 2. The Hall–Kier alpha value is -1.65. The van der Waals surface area contributed by atoms with Gasteiger partial charge in [0.2, 0.25) is 0 Å². The fourth-order valence-corrected chi connectivity index (χ4v) is 1.71. The van der Waals surface area contributed by atoms with Gasteiger partial charge in [-0.05, 0) is 0 Å². The number of nitrogens with two attached hydrogens (primary N) is 1. The van der Waals surface area contributed by atoms with Crippen LogP contribution in [0.2, 0.25) is 0 Å². The highest BCUT2D eigenvalue weighted by Gasteiger charge is 2.13. The van der Waals surface area contributed by atoms with Crippen LogP contribution in [-0.2, 0) is 7.05 Å². The van der Waals surface area contributed by atoms with Crippen LogP contribution in [0.25, 0.3) is 11.4 Å². The first-order valence-electron chi connectivity index (χ1n) is 5.19. The Morgan fingerprint density at radius 2 is 2.06 bits per heavy atom. The largest absolute Gasteiger partial charge is 0.385 e. The molecule has 1 aromatic carbocycles. The highest BCUT2D eigenvalue weighted by Crippen LogP contribution is 2.21. The molecule has 84 valence electrons. The van der Waals surface area contributed by atoms with E-state index in [1.165, 1.54) is 0 Å². The Labute approximate surface area is 94.4 Å². The van der Waals surface area contributed by atoms with Gasteiger partial charge in [-0.3, -0.25) is 0 Å². The van der Waals surface area contributed by atoms with Crippen LogP contribution in [0, 0.1) is 0 Å². The minimum Gasteiger partial charge on any atom is -0.385 e. The van der Waals surface area contributed by atoms with Crippen molar-refractivity contribution in [1.82, 2.24) is 9.55 Å². The number of rotatable bonds is 3. The molecule has 0 saturated carbocycles. The summed E-state index contributed by atoms with van der Waals surface area (Å²) in [6.45, 7) is 0.202. The summed E-state index contributed by atoms with van der Waals surface area (Å²) in [7, 11) is 1.88. The van der Waals surface area contributed by atoms with Gasteiger partial charge < -0.3 is 15.4 Å². The lowest BCUT2D eigenvalue weighted by Gasteiger charge is -2.09. The molecule has 1 unspecified atom stereocenters. The Morgan fingerprint density at radius 1 is 1.38 bits per heavy atom. The van der Waals surface area contributed by atoms with Crippen LogP contribution in [0.5, 0.6) is 0 Å². The van der Waals surface area contributed by atoms with Gasteiger partial charge in [-0.25, -0.2) is 4.98 Å². The van der Waals surface area contributed by atoms with Crippen LogP contribution in [0.15, 0.2) is 36.5 Å². The predicted molar refractivity (Wildman–Crippen MR) is 62.7 cm³/mol. The number of hydrogen-bond acceptors (Lipinski definition) is 3. The lowest BCUT2D eigenvalue weighted by Crippen LogP contribution is -2.14. The summed E-state index contributed by atoms with van der Waals surface area (Å²) in [5.41, 5.74) is 7.20. The van der Waals surface area contributed by atoms with E-state index in [1.54, 1.807) is 6.20 Å². The average molecular weight is 217 g/mol. The van der Waals surface area contributed by atoms with E-state index in [1.807, 2.05) is 41.9 Å². The molecule has 0 radical (unpaired) electrons. The topological polar surface area (TPSA) is 64.1 Å². The second-order valence-electron chi connectivity index (χ2n) is 3.68. The molecule has 16 heavy (non-hydrogen) atoms. The van der Waals surface area contributed by atoms with Crippen molar-refractivity contribution >= 4 is 0 Å². The van der Waals surface area contributed by atoms with Gasteiger partial charge in [-0.15, -0.1) is 0 Å². The first-order valence-corrected chi connectivity index (χ1v) is 5.19. The molecule has 0 aliphatic heterocycles. The van der Waals surface area contributed by atoms with Crippen molar-refractivity contribution in [3.63, 3.8) is 0 Å². The smallest absolute Gasteiger partial charge is 0.139 e. The Balaban J connectivity index is 2.41. The van der Waals surface area contributed by atoms with Gasteiger partial charge >= 0.3 is 0 Å². The van der Waals surface area contributed by atoms with E-state index in [-0.39, 0.29) is 6.54 Å². The number of imidazole rings is 1. The molecule has 0 amide bonds. The van der Waals surface area contributed by atoms with Gasteiger partial charge in [-0.1, -0.05) is 30.3 Å². The van der Waals surface area contributed by atoms with Crippen LogP contribution in [-0.4, -0.2) is 21.2 Å². The first-order chi connectivity index (χ1) is 7.74. The molecular weight excluding hydrogens is 202 g/mol. The molecular formula is C12H15N3O. The van der Waals surface area contributed by atoms with E-state index >= 15 is 0 Å².